The third kappa shape index (κ3) is 3.43. The fourth-order valence-corrected chi connectivity index (χ4v) is 4.59. The summed E-state index contributed by atoms with van der Waals surface area (Å²) in [6.07, 6.45) is 3.92. The van der Waals surface area contributed by atoms with Crippen molar-refractivity contribution >= 4 is 28.0 Å². The molecule has 0 saturated heterocycles. The molecule has 0 bridgehead atoms. The number of fused-ring (bicyclic) bond motifs is 1. The molecule has 1 aliphatic rings. The van der Waals surface area contributed by atoms with E-state index >= 15 is 0 Å². The summed E-state index contributed by atoms with van der Waals surface area (Å²) in [5.74, 6) is -0.373. The van der Waals surface area contributed by atoms with Crippen molar-refractivity contribution in [1.29, 1.82) is 0 Å². The lowest BCUT2D eigenvalue weighted by Crippen LogP contribution is -2.09. The van der Waals surface area contributed by atoms with E-state index in [2.05, 4.69) is 20.4 Å². The molecule has 0 spiro atoms. The summed E-state index contributed by atoms with van der Waals surface area (Å²) in [4.78, 5) is 25.9. The van der Waals surface area contributed by atoms with Crippen LogP contribution >= 0.6 is 11.3 Å². The molecule has 8 heteroatoms. The highest BCUT2D eigenvalue weighted by Gasteiger charge is 2.26. The lowest BCUT2D eigenvalue weighted by molar-refractivity contribution is 0.0526. The predicted molar refractivity (Wildman–Crippen MR) is 108 cm³/mol. The van der Waals surface area contributed by atoms with Crippen molar-refractivity contribution in [3.05, 3.63) is 56.7 Å². The van der Waals surface area contributed by atoms with Gasteiger partial charge in [-0.05, 0) is 38.2 Å². The smallest absolute Gasteiger partial charge is 0.341 e. The topological polar surface area (TPSA) is 99.7 Å². The Labute approximate surface area is 165 Å². The van der Waals surface area contributed by atoms with Gasteiger partial charge in [0.2, 0.25) is 0 Å². The van der Waals surface area contributed by atoms with Gasteiger partial charge in [-0.25, -0.2) is 4.79 Å². The third-order valence-corrected chi connectivity index (χ3v) is 5.86. The first kappa shape index (κ1) is 18.4. The summed E-state index contributed by atoms with van der Waals surface area (Å²) in [5, 5.41) is 14.4. The Bertz CT molecular complexity index is 1080. The van der Waals surface area contributed by atoms with Crippen molar-refractivity contribution in [2.75, 3.05) is 6.61 Å². The fourth-order valence-electron chi connectivity index (χ4n) is 3.39. The molecule has 2 aromatic heterocycles. The second kappa shape index (κ2) is 7.93. The lowest BCUT2D eigenvalue weighted by atomic mass is 9.95. The summed E-state index contributed by atoms with van der Waals surface area (Å²) >= 11 is 1.46. The van der Waals surface area contributed by atoms with E-state index in [4.69, 9.17) is 4.74 Å². The minimum absolute atomic E-state index is 0.187. The Morgan fingerprint density at radius 3 is 2.71 bits per heavy atom. The SMILES string of the molecule is CCOC(=O)c1c(N=Nc2c(-c3ccccc3)[nH][nH]c2=O)sc2c1CCCC2. The number of azo groups is 1. The number of aromatic nitrogens is 2. The molecule has 0 radical (unpaired) electrons. The van der Waals surface area contributed by atoms with E-state index in [1.165, 1.54) is 11.3 Å². The number of carbonyl (C=O) groups excluding carboxylic acids is 1. The average molecular weight is 396 g/mol. The number of nitrogens with zero attached hydrogens (tertiary/aromatic N) is 2. The minimum Gasteiger partial charge on any atom is -0.462 e. The molecule has 0 atom stereocenters. The van der Waals surface area contributed by atoms with E-state index < -0.39 is 0 Å². The van der Waals surface area contributed by atoms with Crippen LogP contribution < -0.4 is 5.56 Å². The molecular formula is C20H20N4O3S. The van der Waals surface area contributed by atoms with Gasteiger partial charge in [-0.15, -0.1) is 21.6 Å². The third-order valence-electron chi connectivity index (χ3n) is 4.69. The zero-order chi connectivity index (χ0) is 19.5. The molecule has 28 heavy (non-hydrogen) atoms. The standard InChI is InChI=1S/C20H20N4O3S/c1-2-27-20(26)15-13-10-6-7-11-14(13)28-19(15)24-22-17-16(21-23-18(17)25)12-8-4-3-5-9-12/h3-5,8-9H,2,6-7,10-11H2,1H3,(H2,21,23,25). The van der Waals surface area contributed by atoms with E-state index in [1.54, 1.807) is 6.92 Å². The van der Waals surface area contributed by atoms with Gasteiger partial charge in [0.05, 0.1) is 12.3 Å². The van der Waals surface area contributed by atoms with E-state index in [0.717, 1.165) is 41.7 Å². The first-order chi connectivity index (χ1) is 13.7. The summed E-state index contributed by atoms with van der Waals surface area (Å²) in [6, 6.07) is 9.43. The van der Waals surface area contributed by atoms with Crippen LogP contribution in [0, 0.1) is 0 Å². The van der Waals surface area contributed by atoms with Gasteiger partial charge in [0.25, 0.3) is 5.56 Å². The molecule has 0 aliphatic heterocycles. The molecular weight excluding hydrogens is 376 g/mol. The summed E-state index contributed by atoms with van der Waals surface area (Å²) in [5.41, 5.74) is 2.74. The number of ether oxygens (including phenoxy) is 1. The Morgan fingerprint density at radius 1 is 1.14 bits per heavy atom. The highest BCUT2D eigenvalue weighted by atomic mass is 32.1. The molecule has 144 valence electrons. The van der Waals surface area contributed by atoms with Crippen LogP contribution in [0.1, 0.15) is 40.6 Å². The number of hydrogen-bond acceptors (Lipinski definition) is 6. The van der Waals surface area contributed by atoms with Crippen molar-refractivity contribution in [3.8, 4) is 11.3 Å². The minimum atomic E-state index is -0.373. The Balaban J connectivity index is 1.75. The number of hydrogen-bond donors (Lipinski definition) is 2. The maximum atomic E-state index is 12.5. The van der Waals surface area contributed by atoms with Gasteiger partial charge in [0.1, 0.15) is 5.56 Å². The van der Waals surface area contributed by atoms with Crippen LogP contribution in [0.15, 0.2) is 45.4 Å². The van der Waals surface area contributed by atoms with Gasteiger partial charge in [-0.1, -0.05) is 30.3 Å². The van der Waals surface area contributed by atoms with Crippen molar-refractivity contribution in [3.63, 3.8) is 0 Å². The number of thiophene rings is 1. The highest BCUT2D eigenvalue weighted by Crippen LogP contribution is 2.41. The number of H-pyrrole nitrogens is 2. The van der Waals surface area contributed by atoms with Crippen LogP contribution in [0.5, 0.6) is 0 Å². The molecule has 2 N–H and O–H groups in total. The number of benzene rings is 1. The summed E-state index contributed by atoms with van der Waals surface area (Å²) in [7, 11) is 0. The van der Waals surface area contributed by atoms with E-state index in [1.807, 2.05) is 30.3 Å². The van der Waals surface area contributed by atoms with Crippen molar-refractivity contribution in [1.82, 2.24) is 10.2 Å². The van der Waals surface area contributed by atoms with Gasteiger partial charge in [0.15, 0.2) is 10.7 Å². The molecule has 0 fully saturated rings. The van der Waals surface area contributed by atoms with Crippen LogP contribution in [0.3, 0.4) is 0 Å². The van der Waals surface area contributed by atoms with Gasteiger partial charge in [0, 0.05) is 10.4 Å². The lowest BCUT2D eigenvalue weighted by Gasteiger charge is -2.11. The first-order valence-electron chi connectivity index (χ1n) is 9.28. The molecule has 1 aromatic carbocycles. The second-order valence-electron chi connectivity index (χ2n) is 6.48. The molecule has 1 aliphatic carbocycles. The fraction of sp³-hybridized carbons (Fsp3) is 0.300. The van der Waals surface area contributed by atoms with E-state index in [9.17, 15) is 9.59 Å². The average Bonchev–Trinajstić information content (AvgIpc) is 3.27. The number of aryl methyl sites for hydroxylation is 1. The van der Waals surface area contributed by atoms with Gasteiger partial charge in [-0.2, -0.15) is 0 Å². The molecule has 0 amide bonds. The van der Waals surface area contributed by atoms with Crippen LogP contribution in [0.2, 0.25) is 0 Å². The molecule has 3 aromatic rings. The van der Waals surface area contributed by atoms with Gasteiger partial charge in [-0.3, -0.25) is 15.0 Å². The molecule has 7 nitrogen and oxygen atoms in total. The van der Waals surface area contributed by atoms with Crippen molar-refractivity contribution < 1.29 is 9.53 Å². The summed E-state index contributed by atoms with van der Waals surface area (Å²) < 4.78 is 5.24. The quantitative estimate of drug-likeness (QED) is 0.474. The number of aromatic amines is 2. The van der Waals surface area contributed by atoms with E-state index in [0.29, 0.717) is 22.9 Å². The van der Waals surface area contributed by atoms with Crippen LogP contribution in [-0.4, -0.2) is 22.8 Å². The zero-order valence-corrected chi connectivity index (χ0v) is 16.3. The zero-order valence-electron chi connectivity index (χ0n) is 15.4. The first-order valence-corrected chi connectivity index (χ1v) is 10.1. The van der Waals surface area contributed by atoms with Crippen molar-refractivity contribution in [2.24, 2.45) is 10.2 Å². The Morgan fingerprint density at radius 2 is 1.93 bits per heavy atom. The Kier molecular flexibility index (Phi) is 5.21. The van der Waals surface area contributed by atoms with Crippen LogP contribution in [0.25, 0.3) is 11.3 Å². The summed E-state index contributed by atoms with van der Waals surface area (Å²) in [6.45, 7) is 2.08. The monoisotopic (exact) mass is 396 g/mol. The number of esters is 1. The van der Waals surface area contributed by atoms with Crippen LogP contribution in [-0.2, 0) is 17.6 Å². The van der Waals surface area contributed by atoms with Gasteiger partial charge < -0.3 is 4.74 Å². The van der Waals surface area contributed by atoms with E-state index in [-0.39, 0.29) is 17.2 Å². The normalized spacial score (nSPS) is 13.6. The Hall–Kier alpha value is -3.00. The van der Waals surface area contributed by atoms with Crippen molar-refractivity contribution in [2.45, 2.75) is 32.6 Å². The maximum absolute atomic E-state index is 12.5. The maximum Gasteiger partial charge on any atom is 0.341 e. The number of rotatable bonds is 5. The highest BCUT2D eigenvalue weighted by molar-refractivity contribution is 7.16. The molecule has 4 rings (SSSR count). The predicted octanol–water partition coefficient (Wildman–Crippen LogP) is 4.90. The number of carbonyl (C=O) groups is 1. The largest absolute Gasteiger partial charge is 0.462 e. The molecule has 0 unspecified atom stereocenters. The molecule has 0 saturated carbocycles. The van der Waals surface area contributed by atoms with Gasteiger partial charge >= 0.3 is 5.97 Å². The molecule has 2 heterocycles. The number of nitrogens with one attached hydrogen (secondary N) is 2. The van der Waals surface area contributed by atoms with Crippen LogP contribution in [0.4, 0.5) is 10.7 Å². The second-order valence-corrected chi connectivity index (χ2v) is 7.56.